The van der Waals surface area contributed by atoms with E-state index in [1.54, 1.807) is 29.8 Å². The molecule has 0 aliphatic rings. The summed E-state index contributed by atoms with van der Waals surface area (Å²) in [6, 6.07) is 3.54. The molecule has 98 valence electrons. The molecule has 0 radical (unpaired) electrons. The maximum Gasteiger partial charge on any atom is 0.244 e. The van der Waals surface area contributed by atoms with Crippen LogP contribution in [-0.4, -0.2) is 19.8 Å². The van der Waals surface area contributed by atoms with Gasteiger partial charge in [-0.1, -0.05) is 0 Å². The Balaban J connectivity index is 2.26. The first-order chi connectivity index (χ1) is 8.55. The minimum atomic E-state index is -3.45. The molecule has 0 spiro atoms. The average molecular weight is 302 g/mol. The van der Waals surface area contributed by atoms with E-state index < -0.39 is 10.0 Å². The fourth-order valence-corrected chi connectivity index (χ4v) is 4.72. The maximum absolute atomic E-state index is 12.4. The summed E-state index contributed by atoms with van der Waals surface area (Å²) < 4.78 is 26.1. The first kappa shape index (κ1) is 13.7. The zero-order valence-electron chi connectivity index (χ0n) is 9.87. The summed E-state index contributed by atoms with van der Waals surface area (Å²) in [5.74, 6) is 0. The summed E-state index contributed by atoms with van der Waals surface area (Å²) in [7, 11) is -1.86. The highest BCUT2D eigenvalue weighted by Crippen LogP contribution is 2.25. The Labute approximate surface area is 115 Å². The van der Waals surface area contributed by atoms with Gasteiger partial charge in [-0.25, -0.2) is 8.42 Å². The number of hydrogen-bond acceptors (Lipinski definition) is 5. The summed E-state index contributed by atoms with van der Waals surface area (Å²) in [5, 5.41) is 5.64. The molecule has 0 aromatic carbocycles. The van der Waals surface area contributed by atoms with Crippen LogP contribution in [0, 0.1) is 0 Å². The van der Waals surface area contributed by atoms with Crippen molar-refractivity contribution in [3.8, 4) is 0 Å². The van der Waals surface area contributed by atoms with Crippen LogP contribution < -0.4 is 5.73 Å². The molecule has 2 aromatic heterocycles. The van der Waals surface area contributed by atoms with Crippen molar-refractivity contribution >= 4 is 32.7 Å². The molecule has 4 nitrogen and oxygen atoms in total. The van der Waals surface area contributed by atoms with Gasteiger partial charge in [0.2, 0.25) is 10.0 Å². The van der Waals surface area contributed by atoms with Crippen molar-refractivity contribution in [2.75, 3.05) is 7.05 Å². The lowest BCUT2D eigenvalue weighted by atomic mass is 10.3. The maximum atomic E-state index is 12.4. The molecule has 2 rings (SSSR count). The highest BCUT2D eigenvalue weighted by molar-refractivity contribution is 7.89. The Hall–Kier alpha value is -0.730. The topological polar surface area (TPSA) is 63.4 Å². The third-order valence-electron chi connectivity index (χ3n) is 2.56. The highest BCUT2D eigenvalue weighted by Gasteiger charge is 2.24. The van der Waals surface area contributed by atoms with E-state index in [0.717, 1.165) is 5.56 Å². The Kier molecular flexibility index (Phi) is 4.18. The van der Waals surface area contributed by atoms with E-state index in [9.17, 15) is 8.42 Å². The van der Waals surface area contributed by atoms with E-state index in [1.165, 1.54) is 15.6 Å². The van der Waals surface area contributed by atoms with Crippen molar-refractivity contribution in [2.24, 2.45) is 5.73 Å². The van der Waals surface area contributed by atoms with Crippen LogP contribution in [0.3, 0.4) is 0 Å². The lowest BCUT2D eigenvalue weighted by Crippen LogP contribution is -2.26. The van der Waals surface area contributed by atoms with E-state index in [2.05, 4.69) is 0 Å². The second kappa shape index (κ2) is 5.50. The zero-order valence-corrected chi connectivity index (χ0v) is 12.3. The van der Waals surface area contributed by atoms with Gasteiger partial charge in [-0.05, 0) is 33.8 Å². The average Bonchev–Trinajstić information content (AvgIpc) is 2.98. The molecule has 0 bridgehead atoms. The largest absolute Gasteiger partial charge is 0.326 e. The Morgan fingerprint density at radius 2 is 2.11 bits per heavy atom. The monoisotopic (exact) mass is 302 g/mol. The molecule has 2 N–H and O–H groups in total. The van der Waals surface area contributed by atoms with Crippen LogP contribution in [0.5, 0.6) is 0 Å². The lowest BCUT2D eigenvalue weighted by molar-refractivity contribution is 0.467. The Morgan fingerprint density at radius 1 is 1.33 bits per heavy atom. The smallest absolute Gasteiger partial charge is 0.244 e. The van der Waals surface area contributed by atoms with E-state index in [4.69, 9.17) is 5.73 Å². The van der Waals surface area contributed by atoms with Crippen LogP contribution in [0.2, 0.25) is 0 Å². The lowest BCUT2D eigenvalue weighted by Gasteiger charge is -2.16. The molecule has 2 aromatic rings. The molecule has 0 amide bonds. The molecule has 2 heterocycles. The van der Waals surface area contributed by atoms with Crippen molar-refractivity contribution in [1.29, 1.82) is 0 Å². The number of nitrogens with two attached hydrogens (primary N) is 1. The molecule has 0 fully saturated rings. The normalized spacial score (nSPS) is 12.2. The third kappa shape index (κ3) is 2.65. The van der Waals surface area contributed by atoms with Crippen LogP contribution >= 0.6 is 22.7 Å². The predicted molar refractivity (Wildman–Crippen MR) is 75.2 cm³/mol. The van der Waals surface area contributed by atoms with Gasteiger partial charge in [-0.3, -0.25) is 0 Å². The summed E-state index contributed by atoms with van der Waals surface area (Å²) in [6.45, 7) is 0.629. The summed E-state index contributed by atoms with van der Waals surface area (Å²) >= 11 is 2.93. The van der Waals surface area contributed by atoms with Crippen molar-refractivity contribution in [3.63, 3.8) is 0 Å². The van der Waals surface area contributed by atoms with Crippen LogP contribution in [0.1, 0.15) is 10.4 Å². The summed E-state index contributed by atoms with van der Waals surface area (Å²) in [6.07, 6.45) is 0. The quantitative estimate of drug-likeness (QED) is 0.920. The van der Waals surface area contributed by atoms with Crippen LogP contribution in [0.25, 0.3) is 0 Å². The number of nitrogens with zero attached hydrogens (tertiary/aromatic N) is 1. The van der Waals surface area contributed by atoms with Crippen molar-refractivity contribution in [2.45, 2.75) is 18.0 Å². The molecular weight excluding hydrogens is 288 g/mol. The highest BCUT2D eigenvalue weighted by atomic mass is 32.2. The molecular formula is C11H14N2O2S3. The number of thiophene rings is 2. The van der Waals surface area contributed by atoms with E-state index in [1.807, 2.05) is 16.8 Å². The molecule has 7 heteroatoms. The summed E-state index contributed by atoms with van der Waals surface area (Å²) in [5.41, 5.74) is 6.55. The Morgan fingerprint density at radius 3 is 2.72 bits per heavy atom. The van der Waals surface area contributed by atoms with Crippen molar-refractivity contribution in [1.82, 2.24) is 4.31 Å². The second-order valence-corrected chi connectivity index (χ2v) is 7.60. The van der Waals surface area contributed by atoms with Gasteiger partial charge in [0, 0.05) is 25.0 Å². The fourth-order valence-electron chi connectivity index (χ4n) is 1.60. The first-order valence-electron chi connectivity index (χ1n) is 5.29. The molecule has 0 atom stereocenters. The van der Waals surface area contributed by atoms with E-state index in [-0.39, 0.29) is 6.54 Å². The van der Waals surface area contributed by atoms with Gasteiger partial charge in [0.25, 0.3) is 0 Å². The van der Waals surface area contributed by atoms with E-state index in [0.29, 0.717) is 16.3 Å². The minimum Gasteiger partial charge on any atom is -0.326 e. The zero-order chi connectivity index (χ0) is 13.2. The standard InChI is InChI=1S/C11H14N2O2S3/c1-13(7-9-2-4-16-8-9)18(14,15)11-3-5-17-10(11)6-12/h2-5,8H,6-7,12H2,1H3. The van der Waals surface area contributed by atoms with Gasteiger partial charge in [0.15, 0.2) is 0 Å². The molecule has 0 aliphatic carbocycles. The number of rotatable bonds is 5. The molecule has 0 aliphatic heterocycles. The van der Waals surface area contributed by atoms with Gasteiger partial charge < -0.3 is 5.73 Å². The molecule has 18 heavy (non-hydrogen) atoms. The summed E-state index contributed by atoms with van der Waals surface area (Å²) in [4.78, 5) is 1.03. The SMILES string of the molecule is CN(Cc1ccsc1)S(=O)(=O)c1ccsc1CN. The molecule has 0 unspecified atom stereocenters. The van der Waals surface area contributed by atoms with Crippen molar-refractivity contribution in [3.05, 3.63) is 38.7 Å². The van der Waals surface area contributed by atoms with Crippen LogP contribution in [0.15, 0.2) is 33.2 Å². The van der Waals surface area contributed by atoms with E-state index >= 15 is 0 Å². The van der Waals surface area contributed by atoms with Gasteiger partial charge in [-0.2, -0.15) is 15.6 Å². The number of hydrogen-bond donors (Lipinski definition) is 1. The minimum absolute atomic E-state index is 0.249. The van der Waals surface area contributed by atoms with Gasteiger partial charge >= 0.3 is 0 Å². The van der Waals surface area contributed by atoms with Gasteiger partial charge in [0.05, 0.1) is 4.90 Å². The first-order valence-corrected chi connectivity index (χ1v) is 8.56. The third-order valence-corrected chi connectivity index (χ3v) is 6.26. The molecule has 0 saturated heterocycles. The second-order valence-electron chi connectivity index (χ2n) is 3.80. The fraction of sp³-hybridized carbons (Fsp3) is 0.273. The molecule has 0 saturated carbocycles. The predicted octanol–water partition coefficient (Wildman–Crippen LogP) is 2.09. The van der Waals surface area contributed by atoms with Gasteiger partial charge in [-0.15, -0.1) is 11.3 Å². The van der Waals surface area contributed by atoms with Crippen molar-refractivity contribution < 1.29 is 8.42 Å². The van der Waals surface area contributed by atoms with Crippen LogP contribution in [0.4, 0.5) is 0 Å². The van der Waals surface area contributed by atoms with Crippen LogP contribution in [-0.2, 0) is 23.1 Å². The van der Waals surface area contributed by atoms with Gasteiger partial charge in [0.1, 0.15) is 0 Å². The Bertz CT molecular complexity index is 602. The number of sulfonamides is 1.